The summed E-state index contributed by atoms with van der Waals surface area (Å²) < 4.78 is 13.5. The van der Waals surface area contributed by atoms with Crippen LogP contribution in [0.25, 0.3) is 0 Å². The Balaban J connectivity index is 2.85. The lowest BCUT2D eigenvalue weighted by Crippen LogP contribution is -2.36. The molecule has 1 aromatic carbocycles. The topological polar surface area (TPSA) is 20.3 Å². The zero-order valence-electron chi connectivity index (χ0n) is 10.2. The highest BCUT2D eigenvalue weighted by Crippen LogP contribution is 2.23. The van der Waals surface area contributed by atoms with Crippen molar-refractivity contribution in [2.45, 2.75) is 20.8 Å². The van der Waals surface area contributed by atoms with Gasteiger partial charge in [-0.3, -0.25) is 4.79 Å². The van der Waals surface area contributed by atoms with Crippen molar-refractivity contribution in [3.63, 3.8) is 0 Å². The molecular weight excluding hydrogens is 205 g/mol. The SMILES string of the molecule is CC(=O)C(C)(C)CN(C)c1ccccc1F. The first-order chi connectivity index (χ1) is 7.34. The second kappa shape index (κ2) is 4.64. The molecule has 0 saturated heterocycles. The lowest BCUT2D eigenvalue weighted by molar-refractivity contribution is -0.124. The van der Waals surface area contributed by atoms with Crippen LogP contribution in [0.5, 0.6) is 0 Å². The number of carbonyl (C=O) groups excluding carboxylic acids is 1. The first-order valence-corrected chi connectivity index (χ1v) is 5.31. The van der Waals surface area contributed by atoms with Crippen LogP contribution in [0.4, 0.5) is 10.1 Å². The van der Waals surface area contributed by atoms with E-state index in [0.29, 0.717) is 12.2 Å². The van der Waals surface area contributed by atoms with Gasteiger partial charge in [0.25, 0.3) is 0 Å². The molecule has 1 rings (SSSR count). The highest BCUT2D eigenvalue weighted by Gasteiger charge is 2.26. The number of ketones is 1. The number of para-hydroxylation sites is 1. The van der Waals surface area contributed by atoms with E-state index in [1.165, 1.54) is 6.07 Å². The Hall–Kier alpha value is -1.38. The van der Waals surface area contributed by atoms with Crippen LogP contribution in [0.2, 0.25) is 0 Å². The molecule has 0 bridgehead atoms. The summed E-state index contributed by atoms with van der Waals surface area (Å²) in [6.45, 7) is 5.80. The van der Waals surface area contributed by atoms with Crippen molar-refractivity contribution in [2.24, 2.45) is 5.41 Å². The number of benzene rings is 1. The molecule has 0 atom stereocenters. The van der Waals surface area contributed by atoms with Crippen LogP contribution in [0.1, 0.15) is 20.8 Å². The minimum Gasteiger partial charge on any atom is -0.371 e. The summed E-state index contributed by atoms with van der Waals surface area (Å²) in [7, 11) is 1.79. The average molecular weight is 223 g/mol. The number of hydrogen-bond donors (Lipinski definition) is 0. The molecule has 0 aliphatic carbocycles. The van der Waals surface area contributed by atoms with E-state index in [0.717, 1.165) is 0 Å². The van der Waals surface area contributed by atoms with Gasteiger partial charge in [0.2, 0.25) is 0 Å². The van der Waals surface area contributed by atoms with Crippen molar-refractivity contribution in [1.82, 2.24) is 0 Å². The monoisotopic (exact) mass is 223 g/mol. The number of Topliss-reactive ketones (excluding diaryl/α,β-unsaturated/α-hetero) is 1. The third kappa shape index (κ3) is 2.81. The molecule has 88 valence electrons. The van der Waals surface area contributed by atoms with Gasteiger partial charge in [0.15, 0.2) is 0 Å². The van der Waals surface area contributed by atoms with E-state index < -0.39 is 5.41 Å². The van der Waals surface area contributed by atoms with E-state index in [1.807, 2.05) is 13.8 Å². The van der Waals surface area contributed by atoms with Crippen LogP contribution < -0.4 is 4.90 Å². The molecule has 0 fully saturated rings. The summed E-state index contributed by atoms with van der Waals surface area (Å²) in [5.41, 5.74) is 0.0636. The Labute approximate surface area is 96.1 Å². The van der Waals surface area contributed by atoms with Gasteiger partial charge >= 0.3 is 0 Å². The van der Waals surface area contributed by atoms with E-state index in [2.05, 4.69) is 0 Å². The smallest absolute Gasteiger partial charge is 0.146 e. The first kappa shape index (κ1) is 12.7. The molecule has 1 aromatic rings. The standard InChI is InChI=1S/C13H18FNO/c1-10(16)13(2,3)9-15(4)12-8-6-5-7-11(12)14/h5-8H,9H2,1-4H3. The molecule has 0 unspecified atom stereocenters. The number of carbonyl (C=O) groups is 1. The van der Waals surface area contributed by atoms with Gasteiger partial charge in [-0.05, 0) is 19.1 Å². The van der Waals surface area contributed by atoms with Crippen molar-refractivity contribution < 1.29 is 9.18 Å². The van der Waals surface area contributed by atoms with E-state index in [1.54, 1.807) is 37.1 Å². The van der Waals surface area contributed by atoms with Crippen molar-refractivity contribution in [1.29, 1.82) is 0 Å². The van der Waals surface area contributed by atoms with Gasteiger partial charge in [-0.2, -0.15) is 0 Å². The first-order valence-electron chi connectivity index (χ1n) is 5.31. The van der Waals surface area contributed by atoms with Gasteiger partial charge in [-0.25, -0.2) is 4.39 Å². The summed E-state index contributed by atoms with van der Waals surface area (Å²) in [4.78, 5) is 13.2. The minimum atomic E-state index is -0.461. The van der Waals surface area contributed by atoms with E-state index >= 15 is 0 Å². The Bertz CT molecular complexity index is 387. The fourth-order valence-corrected chi connectivity index (χ4v) is 1.55. The summed E-state index contributed by atoms with van der Waals surface area (Å²) in [5, 5.41) is 0. The minimum absolute atomic E-state index is 0.107. The van der Waals surface area contributed by atoms with Crippen LogP contribution in [0.15, 0.2) is 24.3 Å². The molecule has 0 radical (unpaired) electrons. The number of hydrogen-bond acceptors (Lipinski definition) is 2. The lowest BCUT2D eigenvalue weighted by atomic mass is 9.88. The van der Waals surface area contributed by atoms with Crippen LogP contribution in [0, 0.1) is 11.2 Å². The fraction of sp³-hybridized carbons (Fsp3) is 0.462. The zero-order chi connectivity index (χ0) is 12.3. The normalized spacial score (nSPS) is 11.3. The van der Waals surface area contributed by atoms with Gasteiger partial charge in [0.1, 0.15) is 11.6 Å². The number of halogens is 1. The Morgan fingerprint density at radius 2 is 1.94 bits per heavy atom. The second-order valence-electron chi connectivity index (χ2n) is 4.75. The van der Waals surface area contributed by atoms with Gasteiger partial charge in [-0.1, -0.05) is 26.0 Å². The van der Waals surface area contributed by atoms with Crippen molar-refractivity contribution in [2.75, 3.05) is 18.5 Å². The molecule has 0 aromatic heterocycles. The molecule has 0 aliphatic heterocycles. The quantitative estimate of drug-likeness (QED) is 0.782. The van der Waals surface area contributed by atoms with E-state index in [9.17, 15) is 9.18 Å². The summed E-state index contributed by atoms with van der Waals surface area (Å²) in [6.07, 6.45) is 0. The molecular formula is C13H18FNO. The number of anilines is 1. The predicted molar refractivity (Wildman–Crippen MR) is 64.1 cm³/mol. The Kier molecular flexibility index (Phi) is 3.68. The van der Waals surface area contributed by atoms with Crippen LogP contribution >= 0.6 is 0 Å². The molecule has 0 amide bonds. The maximum atomic E-state index is 13.5. The molecule has 0 saturated carbocycles. The maximum absolute atomic E-state index is 13.5. The summed E-state index contributed by atoms with van der Waals surface area (Å²) in [6, 6.07) is 6.58. The van der Waals surface area contributed by atoms with Crippen LogP contribution in [-0.2, 0) is 4.79 Å². The third-order valence-corrected chi connectivity index (χ3v) is 2.85. The Morgan fingerprint density at radius 3 is 2.44 bits per heavy atom. The Morgan fingerprint density at radius 1 is 1.38 bits per heavy atom. The predicted octanol–water partition coefficient (Wildman–Crippen LogP) is 2.88. The van der Waals surface area contributed by atoms with Crippen LogP contribution in [-0.4, -0.2) is 19.4 Å². The highest BCUT2D eigenvalue weighted by molar-refractivity contribution is 5.82. The van der Waals surface area contributed by atoms with Gasteiger partial charge < -0.3 is 4.90 Å². The van der Waals surface area contributed by atoms with Gasteiger partial charge in [0.05, 0.1) is 5.69 Å². The highest BCUT2D eigenvalue weighted by atomic mass is 19.1. The van der Waals surface area contributed by atoms with Crippen molar-refractivity contribution in [3.05, 3.63) is 30.1 Å². The molecule has 3 heteroatoms. The summed E-state index contributed by atoms with van der Waals surface area (Å²) >= 11 is 0. The fourth-order valence-electron chi connectivity index (χ4n) is 1.55. The molecule has 16 heavy (non-hydrogen) atoms. The summed E-state index contributed by atoms with van der Waals surface area (Å²) in [5.74, 6) is -0.153. The van der Waals surface area contributed by atoms with Crippen LogP contribution in [0.3, 0.4) is 0 Å². The van der Waals surface area contributed by atoms with Crippen molar-refractivity contribution in [3.8, 4) is 0 Å². The lowest BCUT2D eigenvalue weighted by Gasteiger charge is -2.29. The largest absolute Gasteiger partial charge is 0.371 e. The molecule has 0 spiro atoms. The molecule has 0 heterocycles. The third-order valence-electron chi connectivity index (χ3n) is 2.85. The van der Waals surface area contributed by atoms with Gasteiger partial charge in [0, 0.05) is 19.0 Å². The number of nitrogens with zero attached hydrogens (tertiary/aromatic N) is 1. The maximum Gasteiger partial charge on any atom is 0.146 e. The van der Waals surface area contributed by atoms with E-state index in [-0.39, 0.29) is 11.6 Å². The molecule has 0 aliphatic rings. The average Bonchev–Trinajstić information content (AvgIpc) is 2.17. The van der Waals surface area contributed by atoms with E-state index in [4.69, 9.17) is 0 Å². The number of rotatable bonds is 4. The molecule has 0 N–H and O–H groups in total. The second-order valence-corrected chi connectivity index (χ2v) is 4.75. The van der Waals surface area contributed by atoms with Crippen molar-refractivity contribution >= 4 is 11.5 Å². The van der Waals surface area contributed by atoms with Gasteiger partial charge in [-0.15, -0.1) is 0 Å². The zero-order valence-corrected chi connectivity index (χ0v) is 10.2. The molecule has 2 nitrogen and oxygen atoms in total.